The van der Waals surface area contributed by atoms with Gasteiger partial charge in [-0.15, -0.1) is 0 Å². The average Bonchev–Trinajstić information content (AvgIpc) is 3.29. The molecule has 2 atom stereocenters. The molecule has 3 aromatic rings. The molecule has 0 unspecified atom stereocenters. The highest BCUT2D eigenvalue weighted by Crippen LogP contribution is 2.34. The molecule has 9 heteroatoms. The smallest absolute Gasteiger partial charge is 0.309 e. The number of rotatable bonds is 9. The first-order valence-electron chi connectivity index (χ1n) is 16.5. The molecule has 1 aromatic heterocycles. The van der Waals surface area contributed by atoms with Crippen LogP contribution < -0.4 is 9.64 Å². The van der Waals surface area contributed by atoms with Gasteiger partial charge in [0.2, 0.25) is 5.95 Å². The van der Waals surface area contributed by atoms with Crippen LogP contribution in [0.1, 0.15) is 54.0 Å². The second-order valence-corrected chi connectivity index (χ2v) is 12.5. The Balaban J connectivity index is 1.18. The zero-order valence-electron chi connectivity index (χ0n) is 26.8. The molecule has 0 spiro atoms. The summed E-state index contributed by atoms with van der Waals surface area (Å²) in [7, 11) is 0. The molecule has 45 heavy (non-hydrogen) atoms. The van der Waals surface area contributed by atoms with E-state index in [1.165, 1.54) is 22.3 Å². The molecular formula is C36H46N4O5. The summed E-state index contributed by atoms with van der Waals surface area (Å²) in [5.41, 5.74) is 8.25. The Labute approximate surface area is 266 Å². The van der Waals surface area contributed by atoms with Gasteiger partial charge in [0.05, 0.1) is 17.7 Å². The van der Waals surface area contributed by atoms with Crippen molar-refractivity contribution in [3.63, 3.8) is 0 Å². The van der Waals surface area contributed by atoms with Crippen LogP contribution >= 0.6 is 0 Å². The van der Waals surface area contributed by atoms with E-state index in [0.717, 1.165) is 74.6 Å². The van der Waals surface area contributed by atoms with Gasteiger partial charge in [0.15, 0.2) is 0 Å². The molecular weight excluding hydrogens is 568 g/mol. The Morgan fingerprint density at radius 2 is 1.87 bits per heavy atom. The van der Waals surface area contributed by atoms with E-state index >= 15 is 0 Å². The average molecular weight is 615 g/mol. The molecule has 0 amide bonds. The third kappa shape index (κ3) is 7.00. The number of hydrogen-bond acceptors (Lipinski definition) is 8. The quantitative estimate of drug-likeness (QED) is 0.347. The van der Waals surface area contributed by atoms with Crippen LogP contribution in [0.3, 0.4) is 0 Å². The first kappa shape index (κ1) is 31.5. The van der Waals surface area contributed by atoms with Crippen molar-refractivity contribution in [1.29, 1.82) is 0 Å². The van der Waals surface area contributed by atoms with Gasteiger partial charge in [-0.1, -0.05) is 24.3 Å². The monoisotopic (exact) mass is 614 g/mol. The Bertz CT molecular complexity index is 1490. The minimum atomic E-state index is -0.814. The number of ether oxygens (including phenoxy) is 3. The van der Waals surface area contributed by atoms with Gasteiger partial charge in [-0.25, -0.2) is 9.97 Å². The molecule has 0 bridgehead atoms. The van der Waals surface area contributed by atoms with Gasteiger partial charge in [-0.05, 0) is 92.8 Å². The molecule has 0 aliphatic carbocycles. The highest BCUT2D eigenvalue weighted by atomic mass is 16.5. The number of nitrogens with zero attached hydrogens (tertiary/aromatic N) is 4. The molecule has 3 aliphatic rings. The van der Waals surface area contributed by atoms with Gasteiger partial charge >= 0.3 is 5.97 Å². The lowest BCUT2D eigenvalue weighted by Crippen LogP contribution is -2.48. The van der Waals surface area contributed by atoms with Gasteiger partial charge in [0, 0.05) is 63.8 Å². The summed E-state index contributed by atoms with van der Waals surface area (Å²) in [5, 5.41) is 9.67. The second kappa shape index (κ2) is 14.3. The van der Waals surface area contributed by atoms with E-state index in [1.807, 2.05) is 30.0 Å². The van der Waals surface area contributed by atoms with Gasteiger partial charge in [0.25, 0.3) is 0 Å². The number of aromatic nitrogens is 2. The predicted octanol–water partition coefficient (Wildman–Crippen LogP) is 5.24. The highest BCUT2D eigenvalue weighted by Gasteiger charge is 2.35. The van der Waals surface area contributed by atoms with E-state index in [9.17, 15) is 9.90 Å². The van der Waals surface area contributed by atoms with Crippen molar-refractivity contribution in [2.75, 3.05) is 50.9 Å². The number of aryl methyl sites for hydroxylation is 1. The van der Waals surface area contributed by atoms with Crippen LogP contribution in [-0.2, 0) is 33.7 Å². The molecule has 4 heterocycles. The van der Waals surface area contributed by atoms with Crippen LogP contribution in [0, 0.1) is 19.8 Å². The fraction of sp³-hybridized carbons (Fsp3) is 0.528. The number of hydrogen-bond donors (Lipinski definition) is 1. The zero-order chi connectivity index (χ0) is 31.3. The van der Waals surface area contributed by atoms with Crippen molar-refractivity contribution in [3.8, 4) is 17.0 Å². The van der Waals surface area contributed by atoms with Crippen LogP contribution in [0.15, 0.2) is 42.6 Å². The zero-order valence-corrected chi connectivity index (χ0v) is 26.8. The summed E-state index contributed by atoms with van der Waals surface area (Å²) >= 11 is 0. The SMILES string of the molecule is CCO[C@@H]1CN(c2nccc(-c3cccc(C)c3OCc3ccc4c(c3C)CCN(C3CCOCC3)CC4)n2)CC[C@@H]1C(=O)O. The number of carboxylic acids is 1. The normalized spacial score (nSPS) is 21.3. The lowest BCUT2D eigenvalue weighted by atomic mass is 9.94. The van der Waals surface area contributed by atoms with Crippen LogP contribution in [0.4, 0.5) is 5.95 Å². The van der Waals surface area contributed by atoms with Gasteiger partial charge < -0.3 is 24.2 Å². The first-order chi connectivity index (χ1) is 21.9. The predicted molar refractivity (Wildman–Crippen MR) is 174 cm³/mol. The van der Waals surface area contributed by atoms with Crippen molar-refractivity contribution in [2.45, 2.75) is 71.6 Å². The lowest BCUT2D eigenvalue weighted by molar-refractivity contribution is -0.148. The molecule has 6 rings (SSSR count). The molecule has 2 fully saturated rings. The number of benzene rings is 2. The number of carbonyl (C=O) groups is 1. The summed E-state index contributed by atoms with van der Waals surface area (Å²) in [4.78, 5) is 26.0. The summed E-state index contributed by atoms with van der Waals surface area (Å²) in [6.07, 6.45) is 6.28. The van der Waals surface area contributed by atoms with E-state index in [0.29, 0.717) is 44.7 Å². The number of fused-ring (bicyclic) bond motifs is 1. The van der Waals surface area contributed by atoms with Crippen LogP contribution in [0.5, 0.6) is 5.75 Å². The summed E-state index contributed by atoms with van der Waals surface area (Å²) < 4.78 is 18.0. The first-order valence-corrected chi connectivity index (χ1v) is 16.5. The molecule has 240 valence electrons. The minimum Gasteiger partial charge on any atom is -0.488 e. The maximum absolute atomic E-state index is 11.8. The Morgan fingerprint density at radius 1 is 1.04 bits per heavy atom. The van der Waals surface area contributed by atoms with Crippen molar-refractivity contribution in [2.24, 2.45) is 5.92 Å². The van der Waals surface area contributed by atoms with Crippen LogP contribution in [0.2, 0.25) is 0 Å². The van der Waals surface area contributed by atoms with Crippen molar-refractivity contribution < 1.29 is 24.1 Å². The molecule has 1 N–H and O–H groups in total. The maximum Gasteiger partial charge on any atom is 0.309 e. The molecule has 3 aliphatic heterocycles. The number of carboxylic acid groups (broad SMARTS) is 1. The van der Waals surface area contributed by atoms with E-state index in [2.05, 4.69) is 41.9 Å². The molecule has 9 nitrogen and oxygen atoms in total. The maximum atomic E-state index is 11.8. The van der Waals surface area contributed by atoms with Gasteiger partial charge in [-0.2, -0.15) is 0 Å². The Kier molecular flexibility index (Phi) is 9.97. The summed E-state index contributed by atoms with van der Waals surface area (Å²) in [6, 6.07) is 13.2. The minimum absolute atomic E-state index is 0.402. The van der Waals surface area contributed by atoms with Crippen molar-refractivity contribution in [3.05, 3.63) is 70.4 Å². The standard InChI is InChI=1S/C36H46N4O5/c1-4-44-33-22-40(19-13-31(33)35(41)42)36-37-16-10-32(38-36)30-7-5-6-24(2)34(30)45-23-27-9-8-26-11-17-39(18-12-29(26)25(27)3)28-14-20-43-21-15-28/h5-10,16,28,31,33H,4,11-15,17-23H2,1-3H3,(H,41,42)/t31-,33+/m0/s1. The third-order valence-electron chi connectivity index (χ3n) is 9.87. The number of piperidine rings is 1. The topological polar surface area (TPSA) is 97.3 Å². The number of para-hydroxylation sites is 1. The van der Waals surface area contributed by atoms with E-state index in [1.54, 1.807) is 6.20 Å². The van der Waals surface area contributed by atoms with E-state index in [4.69, 9.17) is 19.2 Å². The second-order valence-electron chi connectivity index (χ2n) is 12.5. The van der Waals surface area contributed by atoms with E-state index in [-0.39, 0.29) is 0 Å². The highest BCUT2D eigenvalue weighted by molar-refractivity contribution is 5.72. The molecule has 0 radical (unpaired) electrons. The lowest BCUT2D eigenvalue weighted by Gasteiger charge is -2.36. The number of anilines is 1. The summed E-state index contributed by atoms with van der Waals surface area (Å²) in [6.45, 7) is 12.1. The fourth-order valence-corrected chi connectivity index (χ4v) is 7.26. The largest absolute Gasteiger partial charge is 0.488 e. The van der Waals surface area contributed by atoms with E-state index < -0.39 is 18.0 Å². The van der Waals surface area contributed by atoms with Crippen LogP contribution in [0.25, 0.3) is 11.3 Å². The molecule has 2 aromatic carbocycles. The molecule has 0 saturated carbocycles. The Hall–Kier alpha value is -3.53. The van der Waals surface area contributed by atoms with Crippen molar-refractivity contribution >= 4 is 11.9 Å². The van der Waals surface area contributed by atoms with Gasteiger partial charge in [0.1, 0.15) is 12.4 Å². The third-order valence-corrected chi connectivity index (χ3v) is 9.87. The fourth-order valence-electron chi connectivity index (χ4n) is 7.26. The molecule has 2 saturated heterocycles. The van der Waals surface area contributed by atoms with Crippen molar-refractivity contribution in [1.82, 2.24) is 14.9 Å². The van der Waals surface area contributed by atoms with Crippen LogP contribution in [-0.4, -0.2) is 84.1 Å². The summed E-state index contributed by atoms with van der Waals surface area (Å²) in [5.74, 6) is 0.0540. The number of aliphatic carboxylic acids is 1. The Morgan fingerprint density at radius 3 is 2.67 bits per heavy atom. The van der Waals surface area contributed by atoms with Gasteiger partial charge in [-0.3, -0.25) is 9.69 Å².